The molecule has 0 bridgehead atoms. The Hall–Kier alpha value is -2.24. The van der Waals surface area contributed by atoms with Gasteiger partial charge in [-0.25, -0.2) is 0 Å². The van der Waals surface area contributed by atoms with Crippen LogP contribution in [0.1, 0.15) is 52.0 Å². The normalized spacial score (nSPS) is 32.8. The Bertz CT molecular complexity index is 1420. The molecule has 0 aliphatic carbocycles. The number of alkyl halides is 1. The van der Waals surface area contributed by atoms with Gasteiger partial charge in [-0.2, -0.15) is 0 Å². The summed E-state index contributed by atoms with van der Waals surface area (Å²) >= 11 is 3.78. The smallest absolute Gasteiger partial charge is 0.303 e. The first-order valence-electron chi connectivity index (χ1n) is 17.3. The predicted molar refractivity (Wildman–Crippen MR) is 191 cm³/mol. The van der Waals surface area contributed by atoms with Gasteiger partial charge in [-0.05, 0) is 23.7 Å². The summed E-state index contributed by atoms with van der Waals surface area (Å²) in [5.74, 6) is -0.993. The van der Waals surface area contributed by atoms with Gasteiger partial charge in [-0.1, -0.05) is 97.4 Å². The SMILES string of the molecule is CO[C@H]1O[C@@H]2CO[C@@H](c3ccccc3)O[C@H]2[C@H](O[C@@H]2O[C@H](COC(C)=O)[C@@H](O[Si](C)(C)C(C)(C)C)[C@H](OC(C)=O)[C@H]2Br)[C@H]1OCc1ccccc1. The zero-order chi connectivity index (χ0) is 36.9. The average Bonchev–Trinajstić information content (AvgIpc) is 3.09. The van der Waals surface area contributed by atoms with E-state index < -0.39 is 86.7 Å². The van der Waals surface area contributed by atoms with E-state index in [4.69, 9.17) is 47.1 Å². The largest absolute Gasteiger partial charge is 0.463 e. The fourth-order valence-electron chi connectivity index (χ4n) is 6.07. The molecule has 11 atom stereocenters. The van der Waals surface area contributed by atoms with E-state index in [0.717, 1.165) is 11.1 Å². The highest BCUT2D eigenvalue weighted by atomic mass is 79.9. The zero-order valence-electron chi connectivity index (χ0n) is 30.5. The summed E-state index contributed by atoms with van der Waals surface area (Å²) in [6, 6.07) is 19.3. The molecule has 0 unspecified atom stereocenters. The summed E-state index contributed by atoms with van der Waals surface area (Å²) < 4.78 is 63.3. The van der Waals surface area contributed by atoms with Crippen LogP contribution < -0.4 is 0 Å². The molecule has 3 aliphatic heterocycles. The van der Waals surface area contributed by atoms with E-state index in [9.17, 15) is 9.59 Å². The number of halogens is 1. The summed E-state index contributed by atoms with van der Waals surface area (Å²) in [5.41, 5.74) is 1.78. The van der Waals surface area contributed by atoms with Gasteiger partial charge in [0.05, 0.1) is 13.2 Å². The number of benzene rings is 2. The molecule has 0 saturated carbocycles. The van der Waals surface area contributed by atoms with E-state index in [-0.39, 0.29) is 24.9 Å². The number of hydrogen-bond donors (Lipinski definition) is 0. The molecule has 3 fully saturated rings. The van der Waals surface area contributed by atoms with Gasteiger partial charge in [0.25, 0.3) is 0 Å². The van der Waals surface area contributed by atoms with Crippen molar-refractivity contribution in [3.63, 3.8) is 0 Å². The minimum Gasteiger partial charge on any atom is -0.463 e. The summed E-state index contributed by atoms with van der Waals surface area (Å²) in [5, 5.41) is -0.180. The number of methoxy groups -OCH3 is 1. The molecule has 0 spiro atoms. The third-order valence-corrected chi connectivity index (χ3v) is 15.2. The fourth-order valence-corrected chi connectivity index (χ4v) is 8.04. The van der Waals surface area contributed by atoms with Crippen LogP contribution in [0.15, 0.2) is 60.7 Å². The monoisotopic (exact) mass is 794 g/mol. The van der Waals surface area contributed by atoms with Crippen molar-refractivity contribution in [1.29, 1.82) is 0 Å². The molecule has 2 aromatic rings. The highest BCUT2D eigenvalue weighted by molar-refractivity contribution is 9.09. The van der Waals surface area contributed by atoms with E-state index in [1.165, 1.54) is 21.0 Å². The van der Waals surface area contributed by atoms with Crippen LogP contribution in [0.5, 0.6) is 0 Å². The van der Waals surface area contributed by atoms with E-state index in [2.05, 4.69) is 49.8 Å². The molecule has 51 heavy (non-hydrogen) atoms. The van der Waals surface area contributed by atoms with Gasteiger partial charge in [0, 0.05) is 26.5 Å². The lowest BCUT2D eigenvalue weighted by atomic mass is 9.96. The molecule has 0 amide bonds. The number of esters is 2. The van der Waals surface area contributed by atoms with E-state index in [0.29, 0.717) is 0 Å². The zero-order valence-corrected chi connectivity index (χ0v) is 33.1. The highest BCUT2D eigenvalue weighted by Gasteiger charge is 2.57. The topological polar surface area (TPSA) is 126 Å². The van der Waals surface area contributed by atoms with Crippen LogP contribution in [0, 0.1) is 0 Å². The van der Waals surface area contributed by atoms with Gasteiger partial charge in [-0.15, -0.1) is 0 Å². The van der Waals surface area contributed by atoms with Crippen LogP contribution in [0.3, 0.4) is 0 Å². The minimum absolute atomic E-state index is 0.152. The fraction of sp³-hybridized carbons (Fsp3) is 0.622. The second kappa shape index (κ2) is 17.3. The molecule has 14 heteroatoms. The van der Waals surface area contributed by atoms with Gasteiger partial charge in [0.1, 0.15) is 54.2 Å². The third-order valence-electron chi connectivity index (χ3n) is 9.73. The van der Waals surface area contributed by atoms with Crippen molar-refractivity contribution in [2.75, 3.05) is 20.3 Å². The summed E-state index contributed by atoms with van der Waals surface area (Å²) in [7, 11) is -0.930. The summed E-state index contributed by atoms with van der Waals surface area (Å²) in [4.78, 5) is 23.9. The van der Waals surface area contributed by atoms with Crippen molar-refractivity contribution in [3.05, 3.63) is 71.8 Å². The van der Waals surface area contributed by atoms with E-state index in [1.807, 2.05) is 60.7 Å². The van der Waals surface area contributed by atoms with E-state index in [1.54, 1.807) is 0 Å². The van der Waals surface area contributed by atoms with Crippen LogP contribution in [-0.2, 0) is 63.3 Å². The highest BCUT2D eigenvalue weighted by Crippen LogP contribution is 2.43. The molecule has 0 radical (unpaired) electrons. The summed E-state index contributed by atoms with van der Waals surface area (Å²) in [6.45, 7) is 13.5. The lowest BCUT2D eigenvalue weighted by Crippen LogP contribution is -2.67. The Morgan fingerprint density at radius 1 is 0.863 bits per heavy atom. The van der Waals surface area contributed by atoms with Crippen molar-refractivity contribution in [3.8, 4) is 0 Å². The Morgan fingerprint density at radius 2 is 1.53 bits per heavy atom. The van der Waals surface area contributed by atoms with Crippen LogP contribution in [-0.4, -0.2) is 101 Å². The van der Waals surface area contributed by atoms with E-state index >= 15 is 0 Å². The molecular weight excluding hydrogens is 744 g/mol. The molecular formula is C37H51BrO12Si. The molecule has 3 heterocycles. The lowest BCUT2D eigenvalue weighted by molar-refractivity contribution is -0.386. The minimum atomic E-state index is -2.47. The molecule has 3 aliphatic rings. The number of carbonyl (C=O) groups excluding carboxylic acids is 2. The first-order valence-corrected chi connectivity index (χ1v) is 21.1. The first kappa shape index (κ1) is 40.0. The van der Waals surface area contributed by atoms with Crippen molar-refractivity contribution in [1.82, 2.24) is 0 Å². The number of carbonyl (C=O) groups is 2. The van der Waals surface area contributed by atoms with Gasteiger partial charge in [0.2, 0.25) is 0 Å². The molecule has 3 saturated heterocycles. The Kier molecular flexibility index (Phi) is 13.5. The predicted octanol–water partition coefficient (Wildman–Crippen LogP) is 5.82. The second-order valence-corrected chi connectivity index (χ2v) is 20.3. The maximum atomic E-state index is 12.6. The Labute approximate surface area is 309 Å². The average molecular weight is 796 g/mol. The Balaban J connectivity index is 1.50. The van der Waals surface area contributed by atoms with Gasteiger partial charge in [0.15, 0.2) is 27.2 Å². The quantitative estimate of drug-likeness (QED) is 0.146. The van der Waals surface area contributed by atoms with Crippen LogP contribution in [0.4, 0.5) is 0 Å². The maximum Gasteiger partial charge on any atom is 0.303 e. The molecule has 2 aromatic carbocycles. The number of rotatable bonds is 12. The van der Waals surface area contributed by atoms with Gasteiger partial charge >= 0.3 is 11.9 Å². The number of ether oxygens (including phenoxy) is 9. The van der Waals surface area contributed by atoms with Crippen LogP contribution >= 0.6 is 15.9 Å². The third kappa shape index (κ3) is 9.85. The molecule has 12 nitrogen and oxygen atoms in total. The first-order chi connectivity index (χ1) is 24.2. The lowest BCUT2D eigenvalue weighted by Gasteiger charge is -2.52. The van der Waals surface area contributed by atoms with Crippen LogP contribution in [0.25, 0.3) is 0 Å². The number of fused-ring (bicyclic) bond motifs is 1. The number of hydrogen-bond acceptors (Lipinski definition) is 12. The van der Waals surface area contributed by atoms with Crippen molar-refractivity contribution < 1.29 is 56.6 Å². The van der Waals surface area contributed by atoms with Crippen molar-refractivity contribution >= 4 is 36.2 Å². The maximum absolute atomic E-state index is 12.6. The Morgan fingerprint density at radius 3 is 2.14 bits per heavy atom. The van der Waals surface area contributed by atoms with Gasteiger partial charge < -0.3 is 47.1 Å². The van der Waals surface area contributed by atoms with Crippen LogP contribution in [0.2, 0.25) is 18.1 Å². The molecule has 282 valence electrons. The second-order valence-electron chi connectivity index (χ2n) is 14.5. The van der Waals surface area contributed by atoms with Crippen molar-refractivity contribution in [2.24, 2.45) is 0 Å². The molecule has 0 aromatic heterocycles. The standard InChI is InChI=1S/C37H51BrO12Si/c1-22(39)42-20-27-30(50-51(7,8)37(3,4)5)31(45-23(2)40)28(38)35(46-27)49-32-29-26(21-44-34(48-29)25-17-13-10-14-18-25)47-36(41-6)33(32)43-19-24-15-11-9-12-16-24/h9-18,26-36H,19-21H2,1-8H3/t26-,27-,28-,29-,30-,31-,32+,33-,34-,35+,36+/m1/s1. The molecule has 0 N–H and O–H groups in total. The van der Waals surface area contributed by atoms with Gasteiger partial charge in [-0.3, -0.25) is 9.59 Å². The molecule has 5 rings (SSSR count). The van der Waals surface area contributed by atoms with Crippen molar-refractivity contribution in [2.45, 2.75) is 126 Å². The summed E-state index contributed by atoms with van der Waals surface area (Å²) in [6.07, 6.45) is -8.01.